The van der Waals surface area contributed by atoms with Gasteiger partial charge in [-0.25, -0.2) is 0 Å². The number of alkyl halides is 1. The molecule has 5 N–H and O–H groups in total. The minimum Gasteiger partial charge on any atom is -0.399 e. The maximum Gasteiger partial charge on any atom is 0.270 e. The highest BCUT2D eigenvalue weighted by molar-refractivity contribution is 5.84. The Labute approximate surface area is 350 Å². The zero-order valence-corrected chi connectivity index (χ0v) is 34.0. The standard InChI is InChI=1S/C15H19N3O3.C15H21N3O.C13H15N3O2.CH3F/c19-10-9-16-6-4-13(5-7-16)17-8-3-12-11-14(18(20)21)1-2-15(12)17;16-13-1-2-15-12(11-13)3-8-18(15)14-4-6-17(7-5-14)9-10-19;17-16(18)12-1-2-13-10(9-12)5-8-15(13)11-3-6-14-7-4-11;1-2/h1-3,8,11,13,19H,4-7,9-10H2;1-3,8,11,14,19H,4-7,9-10,16H2;1-2,5,8-9,11,14H,3-4,6-7H2;1H3/i;;;1D. The van der Waals surface area contributed by atoms with Crippen molar-refractivity contribution < 1.29 is 25.8 Å². The molecule has 15 nitrogen and oxygen atoms in total. The van der Waals surface area contributed by atoms with Crippen LogP contribution in [0.2, 0.25) is 0 Å². The Morgan fingerprint density at radius 2 is 1.02 bits per heavy atom. The summed E-state index contributed by atoms with van der Waals surface area (Å²) in [6.45, 7) is 8.20. The van der Waals surface area contributed by atoms with Crippen LogP contribution >= 0.6 is 0 Å². The van der Waals surface area contributed by atoms with Crippen LogP contribution in [-0.2, 0) is 0 Å². The molecule has 3 saturated heterocycles. The van der Waals surface area contributed by atoms with Crippen LogP contribution in [0.15, 0.2) is 91.4 Å². The first-order valence-electron chi connectivity index (χ1n) is 21.4. The lowest BCUT2D eigenvalue weighted by Crippen LogP contribution is -2.36. The Morgan fingerprint density at radius 3 is 1.40 bits per heavy atom. The number of likely N-dealkylation sites (tertiary alicyclic amines) is 2. The molecule has 3 fully saturated rings. The number of β-amino-alcohol motifs (C(OH)–C–C–N with tert-alkyl or cyclic N) is 2. The van der Waals surface area contributed by atoms with Crippen LogP contribution in [0.1, 0.15) is 58.0 Å². The van der Waals surface area contributed by atoms with E-state index in [0.29, 0.717) is 18.1 Å². The average molecular weight is 829 g/mol. The van der Waals surface area contributed by atoms with Gasteiger partial charge in [0.25, 0.3) is 11.4 Å². The van der Waals surface area contributed by atoms with Gasteiger partial charge in [-0.2, -0.15) is 0 Å². The van der Waals surface area contributed by atoms with Crippen LogP contribution in [0, 0.1) is 20.2 Å². The molecule has 0 aliphatic carbocycles. The first-order valence-corrected chi connectivity index (χ1v) is 20.7. The van der Waals surface area contributed by atoms with Gasteiger partial charge >= 0.3 is 0 Å². The molecule has 3 aromatic carbocycles. The Hall–Kier alpha value is -5.39. The van der Waals surface area contributed by atoms with Crippen LogP contribution < -0.4 is 11.1 Å². The van der Waals surface area contributed by atoms with Crippen molar-refractivity contribution in [1.82, 2.24) is 28.8 Å². The number of nitro benzene ring substituents is 2. The van der Waals surface area contributed by atoms with E-state index in [-0.39, 0.29) is 34.4 Å². The van der Waals surface area contributed by atoms with E-state index < -0.39 is 7.15 Å². The van der Waals surface area contributed by atoms with Crippen LogP contribution in [-0.4, -0.2) is 116 Å². The van der Waals surface area contributed by atoms with E-state index in [1.165, 1.54) is 10.9 Å². The van der Waals surface area contributed by atoms with Gasteiger partial charge < -0.3 is 44.8 Å². The van der Waals surface area contributed by atoms with Gasteiger partial charge in [0.15, 0.2) is 0 Å². The molecule has 0 unspecified atom stereocenters. The zero-order chi connectivity index (χ0) is 43.3. The third-order valence-electron chi connectivity index (χ3n) is 12.0. The molecular formula is C44H58FN9O6. The molecule has 0 radical (unpaired) electrons. The van der Waals surface area contributed by atoms with Crippen LogP contribution in [0.25, 0.3) is 32.7 Å². The number of benzene rings is 3. The molecule has 6 heterocycles. The summed E-state index contributed by atoms with van der Waals surface area (Å²) in [4.78, 5) is 25.5. The molecule has 322 valence electrons. The second-order valence-corrected chi connectivity index (χ2v) is 15.6. The van der Waals surface area contributed by atoms with Gasteiger partial charge in [0, 0.05) is 139 Å². The van der Waals surface area contributed by atoms with Crippen LogP contribution in [0.5, 0.6) is 0 Å². The van der Waals surface area contributed by atoms with Crippen molar-refractivity contribution in [1.29, 1.82) is 0 Å². The number of nitro groups is 2. The number of nitrogens with one attached hydrogen (secondary N) is 1. The number of nitrogen functional groups attached to an aromatic ring is 1. The summed E-state index contributed by atoms with van der Waals surface area (Å²) in [5.74, 6) is 0. The van der Waals surface area contributed by atoms with Crippen molar-refractivity contribution in [2.24, 2.45) is 0 Å². The van der Waals surface area contributed by atoms with E-state index in [1.54, 1.807) is 24.3 Å². The monoisotopic (exact) mass is 828 g/mol. The fourth-order valence-corrected chi connectivity index (χ4v) is 8.88. The summed E-state index contributed by atoms with van der Waals surface area (Å²) in [6, 6.07) is 23.8. The molecule has 3 aromatic heterocycles. The SMILES string of the molecule is Nc1ccc2c(ccn2C2CCN(CCO)CC2)c1.O=[N+]([O-])c1ccc2c(ccn2C2CCN(CCO)CC2)c1.O=[N+]([O-])c1ccc2c(ccn2C2CCNCC2)c1.[2H]CF. The quantitative estimate of drug-likeness (QED) is 0.0666. The molecule has 3 aliphatic rings. The molecule has 0 bridgehead atoms. The molecule has 6 aromatic rings. The molecule has 0 amide bonds. The van der Waals surface area contributed by atoms with Crippen molar-refractivity contribution >= 4 is 49.8 Å². The van der Waals surface area contributed by atoms with Crippen molar-refractivity contribution in [2.75, 3.05) is 78.5 Å². The highest BCUT2D eigenvalue weighted by Crippen LogP contribution is 2.31. The lowest BCUT2D eigenvalue weighted by Gasteiger charge is -2.32. The summed E-state index contributed by atoms with van der Waals surface area (Å²) in [6.07, 6.45) is 12.9. The smallest absolute Gasteiger partial charge is 0.270 e. The number of fused-ring (bicyclic) bond motifs is 3. The third kappa shape index (κ3) is 10.7. The average Bonchev–Trinajstić information content (AvgIpc) is 4.02. The Balaban J connectivity index is 0.000000148. The highest BCUT2D eigenvalue weighted by atomic mass is 19.1. The number of non-ortho nitro benzene ring substituents is 2. The summed E-state index contributed by atoms with van der Waals surface area (Å²) in [5.41, 5.74) is 10.4. The predicted octanol–water partition coefficient (Wildman–Crippen LogP) is 7.09. The van der Waals surface area contributed by atoms with Crippen molar-refractivity contribution in [3.05, 3.63) is 112 Å². The minimum absolute atomic E-state index is 0.137. The van der Waals surface area contributed by atoms with Gasteiger partial charge in [0.2, 0.25) is 0 Å². The number of aliphatic hydroxyl groups excluding tert-OH is 2. The van der Waals surface area contributed by atoms with Crippen LogP contribution in [0.3, 0.4) is 0 Å². The van der Waals surface area contributed by atoms with E-state index in [1.807, 2.05) is 48.8 Å². The third-order valence-corrected chi connectivity index (χ3v) is 12.0. The van der Waals surface area contributed by atoms with E-state index in [0.717, 1.165) is 118 Å². The number of halogens is 1. The van der Waals surface area contributed by atoms with Gasteiger partial charge in [0.1, 0.15) is 0 Å². The first kappa shape index (κ1) is 42.7. The molecule has 0 saturated carbocycles. The van der Waals surface area contributed by atoms with Crippen molar-refractivity contribution in [2.45, 2.75) is 56.7 Å². The Kier molecular flexibility index (Phi) is 15.1. The van der Waals surface area contributed by atoms with Gasteiger partial charge in [-0.05, 0) is 100 Å². The number of piperidine rings is 3. The van der Waals surface area contributed by atoms with Gasteiger partial charge in [-0.3, -0.25) is 24.6 Å². The van der Waals surface area contributed by atoms with Gasteiger partial charge in [-0.1, -0.05) is 0 Å². The Bertz CT molecular complexity index is 2330. The number of nitrogens with two attached hydrogens (primary N) is 1. The largest absolute Gasteiger partial charge is 0.399 e. The fourth-order valence-electron chi connectivity index (χ4n) is 8.88. The lowest BCUT2D eigenvalue weighted by molar-refractivity contribution is -0.384. The van der Waals surface area contributed by atoms with Crippen molar-refractivity contribution in [3.63, 3.8) is 0 Å². The summed E-state index contributed by atoms with van der Waals surface area (Å²) in [5, 5.41) is 46.0. The molecule has 3 aliphatic heterocycles. The molecule has 16 heteroatoms. The summed E-state index contributed by atoms with van der Waals surface area (Å²) >= 11 is 0. The topological polar surface area (TPSA) is 186 Å². The van der Waals surface area contributed by atoms with E-state index in [9.17, 15) is 24.6 Å². The molecule has 60 heavy (non-hydrogen) atoms. The number of hydrogen-bond acceptors (Lipinski definition) is 10. The number of nitrogens with zero attached hydrogens (tertiary/aromatic N) is 7. The van der Waals surface area contributed by atoms with E-state index in [4.69, 9.17) is 17.3 Å². The zero-order valence-electron chi connectivity index (χ0n) is 35.0. The maximum atomic E-state index is 10.8. The van der Waals surface area contributed by atoms with Crippen molar-refractivity contribution in [3.8, 4) is 0 Å². The number of rotatable bonds is 9. The maximum absolute atomic E-state index is 10.8. The number of aromatic nitrogens is 3. The van der Waals surface area contributed by atoms with E-state index in [2.05, 4.69) is 47.1 Å². The second-order valence-electron chi connectivity index (χ2n) is 15.6. The molecule has 0 spiro atoms. The van der Waals surface area contributed by atoms with Gasteiger partial charge in [0.05, 0.1) is 31.6 Å². The first-order chi connectivity index (χ1) is 29.6. The molecular weight excluding hydrogens is 770 g/mol. The van der Waals surface area contributed by atoms with Crippen LogP contribution in [0.4, 0.5) is 21.5 Å². The second kappa shape index (κ2) is 21.2. The van der Waals surface area contributed by atoms with E-state index >= 15 is 0 Å². The molecule has 9 rings (SSSR count). The Morgan fingerprint density at radius 1 is 0.650 bits per heavy atom. The number of aliphatic hydroxyl groups is 2. The fraction of sp³-hybridized carbons (Fsp3) is 0.455. The minimum atomic E-state index is -1.00. The normalized spacial score (nSPS) is 17.3. The molecule has 0 atom stereocenters. The predicted molar refractivity (Wildman–Crippen MR) is 235 cm³/mol. The summed E-state index contributed by atoms with van der Waals surface area (Å²) < 4.78 is 22.4. The van der Waals surface area contributed by atoms with Gasteiger partial charge in [-0.15, -0.1) is 0 Å². The lowest BCUT2D eigenvalue weighted by atomic mass is 10.0. The number of anilines is 1. The number of hydrogen-bond donors (Lipinski definition) is 4. The summed E-state index contributed by atoms with van der Waals surface area (Å²) in [7, 11) is -1.00. The highest BCUT2D eigenvalue weighted by Gasteiger charge is 2.23.